The van der Waals surface area contributed by atoms with Gasteiger partial charge in [0.25, 0.3) is 0 Å². The number of benzene rings is 1. The average Bonchev–Trinajstić information content (AvgIpc) is 2.91. The van der Waals surface area contributed by atoms with Crippen LogP contribution in [-0.2, 0) is 6.42 Å². The summed E-state index contributed by atoms with van der Waals surface area (Å²) in [6.45, 7) is 7.15. The third-order valence-corrected chi connectivity index (χ3v) is 4.30. The number of nitrogens with zero attached hydrogens (tertiary/aromatic N) is 1. The zero-order valence-electron chi connectivity index (χ0n) is 13.1. The Morgan fingerprint density at radius 1 is 1.25 bits per heavy atom. The van der Waals surface area contributed by atoms with Gasteiger partial charge >= 0.3 is 0 Å². The van der Waals surface area contributed by atoms with Crippen molar-refractivity contribution in [3.8, 4) is 0 Å². The maximum atomic E-state index is 5.85. The van der Waals surface area contributed by atoms with E-state index < -0.39 is 0 Å². The Kier molecular flexibility index (Phi) is 5.90. The van der Waals surface area contributed by atoms with Crippen LogP contribution in [0.15, 0.2) is 24.3 Å². The molecule has 0 amide bonds. The first kappa shape index (κ1) is 15.4. The first-order valence-corrected chi connectivity index (χ1v) is 8.23. The Hall–Kier alpha value is -1.02. The molecule has 0 spiro atoms. The Labute approximate surface area is 124 Å². The van der Waals surface area contributed by atoms with E-state index in [4.69, 9.17) is 5.73 Å². The van der Waals surface area contributed by atoms with Crippen LogP contribution in [0.5, 0.6) is 0 Å². The molecule has 0 radical (unpaired) electrons. The molecule has 0 atom stereocenters. The molecular formula is C18H30N2. The lowest BCUT2D eigenvalue weighted by atomic mass is 10.1. The summed E-state index contributed by atoms with van der Waals surface area (Å²) in [5.41, 5.74) is 8.11. The summed E-state index contributed by atoms with van der Waals surface area (Å²) in [5.74, 6) is 0.767. The zero-order valence-corrected chi connectivity index (χ0v) is 13.1. The van der Waals surface area contributed by atoms with Crippen LogP contribution in [0.1, 0.15) is 51.5 Å². The Balaban J connectivity index is 1.81. The van der Waals surface area contributed by atoms with Crippen LogP contribution in [0, 0.1) is 5.92 Å². The van der Waals surface area contributed by atoms with Gasteiger partial charge in [-0.1, -0.05) is 38.8 Å². The fourth-order valence-electron chi connectivity index (χ4n) is 3.40. The second-order valence-electron chi connectivity index (χ2n) is 6.68. The molecule has 112 valence electrons. The van der Waals surface area contributed by atoms with Crippen LogP contribution in [0.4, 0.5) is 5.69 Å². The van der Waals surface area contributed by atoms with Gasteiger partial charge in [0.05, 0.1) is 0 Å². The maximum Gasteiger partial charge on any atom is 0.0316 e. The van der Waals surface area contributed by atoms with Crippen molar-refractivity contribution in [1.82, 2.24) is 4.90 Å². The van der Waals surface area contributed by atoms with E-state index in [0.717, 1.165) is 24.1 Å². The van der Waals surface area contributed by atoms with Gasteiger partial charge in [-0.15, -0.1) is 0 Å². The molecule has 2 nitrogen and oxygen atoms in total. The van der Waals surface area contributed by atoms with Crippen molar-refractivity contribution in [2.24, 2.45) is 5.92 Å². The first-order valence-electron chi connectivity index (χ1n) is 8.23. The highest BCUT2D eigenvalue weighted by Gasteiger charge is 2.22. The minimum Gasteiger partial charge on any atom is -0.399 e. The predicted molar refractivity (Wildman–Crippen MR) is 87.8 cm³/mol. The van der Waals surface area contributed by atoms with Crippen molar-refractivity contribution in [2.75, 3.05) is 18.8 Å². The Morgan fingerprint density at radius 3 is 2.65 bits per heavy atom. The monoisotopic (exact) mass is 274 g/mol. The third-order valence-electron chi connectivity index (χ3n) is 4.30. The lowest BCUT2D eigenvalue weighted by Gasteiger charge is -2.30. The molecular weight excluding hydrogens is 244 g/mol. The molecule has 2 N–H and O–H groups in total. The topological polar surface area (TPSA) is 29.3 Å². The van der Waals surface area contributed by atoms with Gasteiger partial charge in [0, 0.05) is 18.3 Å². The van der Waals surface area contributed by atoms with E-state index in [-0.39, 0.29) is 0 Å². The minimum absolute atomic E-state index is 0.767. The second-order valence-corrected chi connectivity index (χ2v) is 6.68. The SMILES string of the molecule is CC(C)CN(CCCc1cccc(N)c1)C1CCCC1. The van der Waals surface area contributed by atoms with E-state index in [1.165, 1.54) is 50.8 Å². The highest BCUT2D eigenvalue weighted by Crippen LogP contribution is 2.24. The normalized spacial score (nSPS) is 16.4. The van der Waals surface area contributed by atoms with E-state index in [1.54, 1.807) is 0 Å². The van der Waals surface area contributed by atoms with Crippen LogP contribution >= 0.6 is 0 Å². The van der Waals surface area contributed by atoms with Gasteiger partial charge in [-0.2, -0.15) is 0 Å². The predicted octanol–water partition coefficient (Wildman–Crippen LogP) is 4.10. The summed E-state index contributed by atoms with van der Waals surface area (Å²) in [4.78, 5) is 2.74. The molecule has 1 saturated carbocycles. The average molecular weight is 274 g/mol. The van der Waals surface area contributed by atoms with E-state index in [1.807, 2.05) is 6.07 Å². The van der Waals surface area contributed by atoms with Crippen LogP contribution in [0.3, 0.4) is 0 Å². The molecule has 0 unspecified atom stereocenters. The van der Waals surface area contributed by atoms with Crippen LogP contribution in [0.2, 0.25) is 0 Å². The summed E-state index contributed by atoms with van der Waals surface area (Å²) in [5, 5.41) is 0. The number of rotatable bonds is 7. The van der Waals surface area contributed by atoms with Gasteiger partial charge in [0.15, 0.2) is 0 Å². The molecule has 1 aliphatic carbocycles. The molecule has 0 bridgehead atoms. The fourth-order valence-corrected chi connectivity index (χ4v) is 3.40. The smallest absolute Gasteiger partial charge is 0.0316 e. The highest BCUT2D eigenvalue weighted by atomic mass is 15.2. The molecule has 0 aromatic heterocycles. The molecule has 2 heteroatoms. The Morgan fingerprint density at radius 2 is 2.00 bits per heavy atom. The number of nitrogens with two attached hydrogens (primary N) is 1. The van der Waals surface area contributed by atoms with Crippen molar-refractivity contribution in [1.29, 1.82) is 0 Å². The van der Waals surface area contributed by atoms with Crippen molar-refractivity contribution in [2.45, 2.75) is 58.4 Å². The van der Waals surface area contributed by atoms with Gasteiger partial charge in [-0.25, -0.2) is 0 Å². The zero-order chi connectivity index (χ0) is 14.4. The fraction of sp³-hybridized carbons (Fsp3) is 0.667. The number of nitrogen functional groups attached to an aromatic ring is 1. The van der Waals surface area contributed by atoms with E-state index in [9.17, 15) is 0 Å². The number of hydrogen-bond acceptors (Lipinski definition) is 2. The summed E-state index contributed by atoms with van der Waals surface area (Å²) >= 11 is 0. The number of hydrogen-bond donors (Lipinski definition) is 1. The molecule has 2 rings (SSSR count). The molecule has 0 aliphatic heterocycles. The first-order chi connectivity index (χ1) is 9.65. The molecule has 20 heavy (non-hydrogen) atoms. The summed E-state index contributed by atoms with van der Waals surface area (Å²) < 4.78 is 0. The lowest BCUT2D eigenvalue weighted by molar-refractivity contribution is 0.175. The standard InChI is InChI=1S/C18H30N2/c1-15(2)14-20(18-10-3-4-11-18)12-6-8-16-7-5-9-17(19)13-16/h5,7,9,13,15,18H,3-4,6,8,10-12,14,19H2,1-2H3. The van der Waals surface area contributed by atoms with Crippen LogP contribution < -0.4 is 5.73 Å². The number of anilines is 1. The highest BCUT2D eigenvalue weighted by molar-refractivity contribution is 5.40. The van der Waals surface area contributed by atoms with Crippen molar-refractivity contribution in [3.63, 3.8) is 0 Å². The van der Waals surface area contributed by atoms with Crippen molar-refractivity contribution >= 4 is 5.69 Å². The molecule has 1 aromatic carbocycles. The quantitative estimate of drug-likeness (QED) is 0.758. The van der Waals surface area contributed by atoms with E-state index in [2.05, 4.69) is 36.9 Å². The molecule has 0 heterocycles. The second kappa shape index (κ2) is 7.68. The molecule has 0 saturated heterocycles. The van der Waals surface area contributed by atoms with Gasteiger partial charge in [-0.05, 0) is 55.8 Å². The third kappa shape index (κ3) is 4.82. The summed E-state index contributed by atoms with van der Waals surface area (Å²) in [6, 6.07) is 9.18. The van der Waals surface area contributed by atoms with Crippen LogP contribution in [0.25, 0.3) is 0 Å². The van der Waals surface area contributed by atoms with Gasteiger partial charge in [0.1, 0.15) is 0 Å². The van der Waals surface area contributed by atoms with E-state index in [0.29, 0.717) is 0 Å². The summed E-state index contributed by atoms with van der Waals surface area (Å²) in [6.07, 6.45) is 8.05. The van der Waals surface area contributed by atoms with Crippen LogP contribution in [-0.4, -0.2) is 24.0 Å². The van der Waals surface area contributed by atoms with Gasteiger partial charge in [-0.3, -0.25) is 0 Å². The molecule has 1 fully saturated rings. The van der Waals surface area contributed by atoms with Crippen molar-refractivity contribution < 1.29 is 0 Å². The van der Waals surface area contributed by atoms with Gasteiger partial charge < -0.3 is 10.6 Å². The summed E-state index contributed by atoms with van der Waals surface area (Å²) in [7, 11) is 0. The Bertz CT molecular complexity index is 394. The maximum absolute atomic E-state index is 5.85. The van der Waals surface area contributed by atoms with Gasteiger partial charge in [0.2, 0.25) is 0 Å². The lowest BCUT2D eigenvalue weighted by Crippen LogP contribution is -2.37. The number of aryl methyl sites for hydroxylation is 1. The molecule has 1 aromatic rings. The van der Waals surface area contributed by atoms with E-state index >= 15 is 0 Å². The minimum atomic E-state index is 0.767. The molecule has 1 aliphatic rings. The largest absolute Gasteiger partial charge is 0.399 e. The van der Waals surface area contributed by atoms with Crippen molar-refractivity contribution in [3.05, 3.63) is 29.8 Å².